The van der Waals surface area contributed by atoms with Crippen molar-refractivity contribution in [1.82, 2.24) is 15.1 Å². The highest BCUT2D eigenvalue weighted by molar-refractivity contribution is 4.89. The molecule has 3 nitrogen and oxygen atoms in total. The standard InChI is InChI=1S/C17H35N3/c1-13-10-14(2)16(17(11-13)18-3)12-20-8-6-15(7-9-20)19(4)5/h13-18H,6-12H2,1-5H3. The van der Waals surface area contributed by atoms with Crippen molar-refractivity contribution in [3.8, 4) is 0 Å². The van der Waals surface area contributed by atoms with E-state index in [1.807, 2.05) is 0 Å². The van der Waals surface area contributed by atoms with E-state index in [0.29, 0.717) is 0 Å². The van der Waals surface area contributed by atoms with Gasteiger partial charge < -0.3 is 15.1 Å². The van der Waals surface area contributed by atoms with Gasteiger partial charge in [0.1, 0.15) is 0 Å². The van der Waals surface area contributed by atoms with E-state index in [9.17, 15) is 0 Å². The maximum absolute atomic E-state index is 3.60. The van der Waals surface area contributed by atoms with Crippen LogP contribution in [0, 0.1) is 17.8 Å². The van der Waals surface area contributed by atoms with Crippen molar-refractivity contribution < 1.29 is 0 Å². The van der Waals surface area contributed by atoms with Crippen molar-refractivity contribution in [2.45, 2.75) is 51.6 Å². The number of hydrogen-bond donors (Lipinski definition) is 1. The van der Waals surface area contributed by atoms with E-state index in [0.717, 1.165) is 29.8 Å². The summed E-state index contributed by atoms with van der Waals surface area (Å²) in [4.78, 5) is 5.13. The molecule has 20 heavy (non-hydrogen) atoms. The summed E-state index contributed by atoms with van der Waals surface area (Å²) >= 11 is 0. The largest absolute Gasteiger partial charge is 0.317 e. The minimum absolute atomic E-state index is 0.723. The Morgan fingerprint density at radius 3 is 2.30 bits per heavy atom. The molecule has 1 heterocycles. The Balaban J connectivity index is 1.86. The molecule has 0 spiro atoms. The first-order valence-corrected chi connectivity index (χ1v) is 8.57. The molecular weight excluding hydrogens is 246 g/mol. The third-order valence-corrected chi connectivity index (χ3v) is 5.81. The first-order chi connectivity index (χ1) is 9.51. The van der Waals surface area contributed by atoms with E-state index in [4.69, 9.17) is 0 Å². The maximum Gasteiger partial charge on any atom is 0.0113 e. The summed E-state index contributed by atoms with van der Waals surface area (Å²) in [7, 11) is 6.60. The lowest BCUT2D eigenvalue weighted by atomic mass is 9.72. The predicted molar refractivity (Wildman–Crippen MR) is 87.0 cm³/mol. The topological polar surface area (TPSA) is 18.5 Å². The van der Waals surface area contributed by atoms with Crippen LogP contribution in [0.3, 0.4) is 0 Å². The van der Waals surface area contributed by atoms with Gasteiger partial charge in [0.05, 0.1) is 0 Å². The van der Waals surface area contributed by atoms with Crippen LogP contribution in [0.25, 0.3) is 0 Å². The lowest BCUT2D eigenvalue weighted by Gasteiger charge is -2.44. The molecule has 118 valence electrons. The Labute approximate surface area is 126 Å². The minimum atomic E-state index is 0.723. The van der Waals surface area contributed by atoms with Crippen LogP contribution in [0.15, 0.2) is 0 Å². The van der Waals surface area contributed by atoms with E-state index < -0.39 is 0 Å². The van der Waals surface area contributed by atoms with Gasteiger partial charge in [-0.05, 0) is 77.7 Å². The maximum atomic E-state index is 3.60. The van der Waals surface area contributed by atoms with Crippen LogP contribution in [0.4, 0.5) is 0 Å². The van der Waals surface area contributed by atoms with Gasteiger partial charge in [0.2, 0.25) is 0 Å². The van der Waals surface area contributed by atoms with Gasteiger partial charge >= 0.3 is 0 Å². The van der Waals surface area contributed by atoms with E-state index in [1.54, 1.807) is 0 Å². The van der Waals surface area contributed by atoms with Crippen LogP contribution >= 0.6 is 0 Å². The summed E-state index contributed by atoms with van der Waals surface area (Å²) in [6.07, 6.45) is 5.46. The SMILES string of the molecule is CNC1CC(C)CC(C)C1CN1CCC(N(C)C)CC1. The quantitative estimate of drug-likeness (QED) is 0.853. The monoisotopic (exact) mass is 281 g/mol. The van der Waals surface area contributed by atoms with Crippen molar-refractivity contribution in [3.05, 3.63) is 0 Å². The number of nitrogens with one attached hydrogen (secondary N) is 1. The minimum Gasteiger partial charge on any atom is -0.317 e. The van der Waals surface area contributed by atoms with Crippen molar-refractivity contribution >= 4 is 0 Å². The molecule has 0 radical (unpaired) electrons. The second kappa shape index (κ2) is 7.24. The van der Waals surface area contributed by atoms with Crippen LogP contribution in [0.5, 0.6) is 0 Å². The Kier molecular flexibility index (Phi) is 5.88. The summed E-state index contributed by atoms with van der Waals surface area (Å²) in [5.41, 5.74) is 0. The highest BCUT2D eigenvalue weighted by Gasteiger charge is 2.34. The fourth-order valence-electron chi connectivity index (χ4n) is 4.47. The fourth-order valence-corrected chi connectivity index (χ4v) is 4.47. The zero-order valence-corrected chi connectivity index (χ0v) is 14.2. The van der Waals surface area contributed by atoms with Gasteiger partial charge in [0, 0.05) is 18.6 Å². The second-order valence-electron chi connectivity index (χ2n) is 7.61. The molecule has 2 aliphatic rings. The normalized spacial score (nSPS) is 37.5. The van der Waals surface area contributed by atoms with Crippen LogP contribution in [0.2, 0.25) is 0 Å². The molecule has 0 aromatic carbocycles. The predicted octanol–water partition coefficient (Wildman–Crippen LogP) is 2.28. The van der Waals surface area contributed by atoms with Gasteiger partial charge in [0.25, 0.3) is 0 Å². The van der Waals surface area contributed by atoms with Crippen LogP contribution in [-0.4, -0.2) is 62.7 Å². The lowest BCUT2D eigenvalue weighted by Crippen LogP contribution is -2.50. The molecule has 1 N–H and O–H groups in total. The van der Waals surface area contributed by atoms with E-state index in [-0.39, 0.29) is 0 Å². The molecule has 2 rings (SSSR count). The summed E-state index contributed by atoms with van der Waals surface area (Å²) < 4.78 is 0. The van der Waals surface area contributed by atoms with E-state index in [2.05, 4.69) is 50.1 Å². The molecule has 1 saturated heterocycles. The number of nitrogens with zero attached hydrogens (tertiary/aromatic N) is 2. The Morgan fingerprint density at radius 1 is 1.10 bits per heavy atom. The van der Waals surface area contributed by atoms with Crippen molar-refractivity contribution in [2.24, 2.45) is 17.8 Å². The highest BCUT2D eigenvalue weighted by Crippen LogP contribution is 2.34. The zero-order chi connectivity index (χ0) is 14.7. The van der Waals surface area contributed by atoms with Crippen LogP contribution in [-0.2, 0) is 0 Å². The molecule has 3 heteroatoms. The molecule has 0 aromatic rings. The smallest absolute Gasteiger partial charge is 0.0113 e. The molecule has 1 aliphatic heterocycles. The first kappa shape index (κ1) is 16.3. The third-order valence-electron chi connectivity index (χ3n) is 5.81. The molecule has 0 bridgehead atoms. The third kappa shape index (κ3) is 3.96. The zero-order valence-electron chi connectivity index (χ0n) is 14.2. The van der Waals surface area contributed by atoms with Gasteiger partial charge in [-0.25, -0.2) is 0 Å². The highest BCUT2D eigenvalue weighted by atomic mass is 15.2. The molecule has 4 unspecified atom stereocenters. The van der Waals surface area contributed by atoms with Gasteiger partial charge in [-0.15, -0.1) is 0 Å². The first-order valence-electron chi connectivity index (χ1n) is 8.57. The molecule has 2 fully saturated rings. The Hall–Kier alpha value is -0.120. The van der Waals surface area contributed by atoms with Gasteiger partial charge in [-0.3, -0.25) is 0 Å². The average Bonchev–Trinajstić information content (AvgIpc) is 2.42. The van der Waals surface area contributed by atoms with Gasteiger partial charge in [-0.2, -0.15) is 0 Å². The summed E-state index contributed by atoms with van der Waals surface area (Å²) in [5.74, 6) is 2.59. The number of piperidine rings is 1. The van der Waals surface area contributed by atoms with Crippen molar-refractivity contribution in [1.29, 1.82) is 0 Å². The lowest BCUT2D eigenvalue weighted by molar-refractivity contribution is 0.0767. The molecular formula is C17H35N3. The number of hydrogen-bond acceptors (Lipinski definition) is 3. The van der Waals surface area contributed by atoms with Crippen molar-refractivity contribution in [3.63, 3.8) is 0 Å². The second-order valence-corrected chi connectivity index (χ2v) is 7.61. The average molecular weight is 281 g/mol. The number of likely N-dealkylation sites (tertiary alicyclic amines) is 1. The van der Waals surface area contributed by atoms with Gasteiger partial charge in [0.15, 0.2) is 0 Å². The Bertz CT molecular complexity index is 284. The van der Waals surface area contributed by atoms with Crippen LogP contribution < -0.4 is 5.32 Å². The fraction of sp³-hybridized carbons (Fsp3) is 1.00. The summed E-state index contributed by atoms with van der Waals surface area (Å²) in [6.45, 7) is 8.77. The van der Waals surface area contributed by atoms with Gasteiger partial charge in [-0.1, -0.05) is 13.8 Å². The Morgan fingerprint density at radius 2 is 1.75 bits per heavy atom. The number of rotatable bonds is 4. The molecule has 4 atom stereocenters. The molecule has 1 saturated carbocycles. The van der Waals surface area contributed by atoms with E-state index >= 15 is 0 Å². The van der Waals surface area contributed by atoms with Crippen molar-refractivity contribution in [2.75, 3.05) is 40.8 Å². The molecule has 0 amide bonds. The van der Waals surface area contributed by atoms with E-state index in [1.165, 1.54) is 45.3 Å². The summed E-state index contributed by atoms with van der Waals surface area (Å²) in [6, 6.07) is 1.52. The molecule has 0 aromatic heterocycles. The van der Waals surface area contributed by atoms with Crippen LogP contribution in [0.1, 0.15) is 39.5 Å². The summed E-state index contributed by atoms with van der Waals surface area (Å²) in [5, 5.41) is 3.60. The molecule has 1 aliphatic carbocycles.